The molecule has 0 aliphatic rings. The van der Waals surface area contributed by atoms with Gasteiger partial charge in [0.1, 0.15) is 5.75 Å². The minimum atomic E-state index is -0.271. The number of amides is 1. The molecule has 0 radical (unpaired) electrons. The number of aryl methyl sites for hydroxylation is 1. The van der Waals surface area contributed by atoms with E-state index in [-0.39, 0.29) is 12.5 Å². The fourth-order valence-corrected chi connectivity index (χ4v) is 2.15. The Bertz CT molecular complexity index is 600. The molecule has 0 bridgehead atoms. The summed E-state index contributed by atoms with van der Waals surface area (Å²) in [6.07, 6.45) is 3.26. The molecule has 0 aliphatic heterocycles. The van der Waals surface area contributed by atoms with Crippen LogP contribution in [0.15, 0.2) is 35.1 Å². The summed E-state index contributed by atoms with van der Waals surface area (Å²) < 4.78 is 7.79. The molecule has 1 N–H and O–H groups in total. The van der Waals surface area contributed by atoms with Crippen molar-refractivity contribution in [3.05, 3.63) is 40.1 Å². The molecule has 2 aromatic rings. The Kier molecular flexibility index (Phi) is 4.44. The molecule has 1 aromatic heterocycles. The van der Waals surface area contributed by atoms with E-state index in [9.17, 15) is 4.79 Å². The number of hydrogen-bond acceptors (Lipinski definition) is 3. The lowest BCUT2D eigenvalue weighted by Gasteiger charge is -2.08. The number of anilines is 1. The third-order valence-corrected chi connectivity index (χ3v) is 3.03. The third kappa shape index (κ3) is 3.97. The van der Waals surface area contributed by atoms with Gasteiger partial charge >= 0.3 is 0 Å². The van der Waals surface area contributed by atoms with Gasteiger partial charge in [-0.15, -0.1) is 0 Å². The van der Waals surface area contributed by atoms with Crippen molar-refractivity contribution in [2.24, 2.45) is 7.05 Å². The molecule has 1 heterocycles. The van der Waals surface area contributed by atoms with Crippen molar-refractivity contribution in [2.45, 2.75) is 0 Å². The number of nitrogens with zero attached hydrogens (tertiary/aromatic N) is 2. The highest BCUT2D eigenvalue weighted by Crippen LogP contribution is 2.27. The highest BCUT2D eigenvalue weighted by molar-refractivity contribution is 9.10. The Morgan fingerprint density at radius 2 is 2.37 bits per heavy atom. The van der Waals surface area contributed by atoms with Crippen molar-refractivity contribution in [3.63, 3.8) is 0 Å². The first-order chi connectivity index (χ1) is 9.04. The molecule has 0 unspecified atom stereocenters. The number of hydrogen-bond donors (Lipinski definition) is 1. The highest BCUT2D eigenvalue weighted by Gasteiger charge is 2.07. The predicted octanol–water partition coefficient (Wildman–Crippen LogP) is 2.85. The maximum absolute atomic E-state index is 11.6. The number of nitrogens with one attached hydrogen (secondary N) is 1. The molecule has 0 fully saturated rings. The summed E-state index contributed by atoms with van der Waals surface area (Å²) in [5, 5.41) is 7.06. The minimum absolute atomic E-state index is 0.115. The zero-order valence-electron chi connectivity index (χ0n) is 10.1. The number of halogens is 2. The quantitative estimate of drug-likeness (QED) is 0.928. The lowest BCUT2D eigenvalue weighted by atomic mass is 10.3. The summed E-state index contributed by atoms with van der Waals surface area (Å²) in [6.45, 7) is -0.115. The summed E-state index contributed by atoms with van der Waals surface area (Å²) in [6, 6.07) is 5.19. The summed E-state index contributed by atoms with van der Waals surface area (Å²) in [7, 11) is 1.77. The van der Waals surface area contributed by atoms with Crippen molar-refractivity contribution >= 4 is 39.1 Å². The van der Waals surface area contributed by atoms with E-state index >= 15 is 0 Å². The van der Waals surface area contributed by atoms with Gasteiger partial charge in [-0.25, -0.2) is 0 Å². The number of rotatable bonds is 4. The smallest absolute Gasteiger partial charge is 0.262 e. The predicted molar refractivity (Wildman–Crippen MR) is 76.5 cm³/mol. The number of benzene rings is 1. The molecule has 0 atom stereocenters. The summed E-state index contributed by atoms with van der Waals surface area (Å²) in [5.74, 6) is 0.193. The van der Waals surface area contributed by atoms with E-state index < -0.39 is 0 Å². The first-order valence-corrected chi connectivity index (χ1v) is 6.58. The number of carbonyl (C=O) groups excluding carboxylic acids is 1. The minimum Gasteiger partial charge on any atom is -0.482 e. The van der Waals surface area contributed by atoms with Gasteiger partial charge in [0.05, 0.1) is 16.9 Å². The average Bonchev–Trinajstić information content (AvgIpc) is 2.73. The van der Waals surface area contributed by atoms with Gasteiger partial charge < -0.3 is 10.1 Å². The highest BCUT2D eigenvalue weighted by atomic mass is 79.9. The van der Waals surface area contributed by atoms with Gasteiger partial charge in [0, 0.05) is 17.7 Å². The van der Waals surface area contributed by atoms with Crippen LogP contribution in [0.4, 0.5) is 5.69 Å². The molecule has 100 valence electrons. The van der Waals surface area contributed by atoms with Gasteiger partial charge in [-0.3, -0.25) is 9.48 Å². The maximum Gasteiger partial charge on any atom is 0.262 e. The van der Waals surface area contributed by atoms with Crippen LogP contribution in [0.5, 0.6) is 5.75 Å². The van der Waals surface area contributed by atoms with E-state index in [0.29, 0.717) is 16.5 Å². The second-order valence-electron chi connectivity index (χ2n) is 3.81. The normalized spacial score (nSPS) is 10.3. The molecule has 2 rings (SSSR count). The van der Waals surface area contributed by atoms with E-state index in [0.717, 1.165) is 4.47 Å². The van der Waals surface area contributed by atoms with E-state index in [2.05, 4.69) is 26.3 Å². The van der Waals surface area contributed by atoms with Crippen LogP contribution in [0.2, 0.25) is 5.02 Å². The van der Waals surface area contributed by atoms with Crippen LogP contribution >= 0.6 is 27.5 Å². The van der Waals surface area contributed by atoms with Crippen LogP contribution in [-0.4, -0.2) is 22.3 Å². The largest absolute Gasteiger partial charge is 0.482 e. The van der Waals surface area contributed by atoms with Crippen molar-refractivity contribution in [1.29, 1.82) is 0 Å². The Balaban J connectivity index is 1.89. The van der Waals surface area contributed by atoms with Gasteiger partial charge in [0.25, 0.3) is 5.91 Å². The molecule has 19 heavy (non-hydrogen) atoms. The van der Waals surface area contributed by atoms with E-state index in [1.807, 2.05) is 0 Å². The SMILES string of the molecule is Cn1cc(NC(=O)COc2ccc(Br)cc2Cl)cn1. The average molecular weight is 345 g/mol. The van der Waals surface area contributed by atoms with Gasteiger partial charge in [0.2, 0.25) is 0 Å². The van der Waals surface area contributed by atoms with Gasteiger partial charge in [-0.1, -0.05) is 27.5 Å². The summed E-state index contributed by atoms with van der Waals surface area (Å²) >= 11 is 9.27. The lowest BCUT2D eigenvalue weighted by Crippen LogP contribution is -2.19. The van der Waals surface area contributed by atoms with Gasteiger partial charge in [0.15, 0.2) is 6.61 Å². The first-order valence-electron chi connectivity index (χ1n) is 5.41. The zero-order valence-corrected chi connectivity index (χ0v) is 12.4. The molecule has 0 spiro atoms. The van der Waals surface area contributed by atoms with Gasteiger partial charge in [-0.05, 0) is 18.2 Å². The molecular formula is C12H11BrClN3O2. The lowest BCUT2D eigenvalue weighted by molar-refractivity contribution is -0.118. The standard InChI is InChI=1S/C12H11BrClN3O2/c1-17-6-9(5-15-17)16-12(18)7-19-11-3-2-8(13)4-10(11)14/h2-6H,7H2,1H3,(H,16,18). The van der Waals surface area contributed by atoms with Crippen LogP contribution < -0.4 is 10.1 Å². The van der Waals surface area contributed by atoms with E-state index in [1.165, 1.54) is 0 Å². The maximum atomic E-state index is 11.6. The fourth-order valence-electron chi connectivity index (χ4n) is 1.42. The molecule has 0 aliphatic carbocycles. The van der Waals surface area contributed by atoms with Crippen molar-refractivity contribution in [1.82, 2.24) is 9.78 Å². The summed E-state index contributed by atoms with van der Waals surface area (Å²) in [5.41, 5.74) is 0.623. The molecule has 7 heteroatoms. The molecule has 5 nitrogen and oxygen atoms in total. The van der Waals surface area contributed by atoms with E-state index in [4.69, 9.17) is 16.3 Å². The van der Waals surface area contributed by atoms with Crippen LogP contribution in [0.1, 0.15) is 0 Å². The molecule has 0 saturated heterocycles. The third-order valence-electron chi connectivity index (χ3n) is 2.24. The second kappa shape index (κ2) is 6.08. The molecule has 1 amide bonds. The molecular weight excluding hydrogens is 334 g/mol. The molecule has 1 aromatic carbocycles. The van der Waals surface area contributed by atoms with Crippen LogP contribution in [0.3, 0.4) is 0 Å². The van der Waals surface area contributed by atoms with Crippen molar-refractivity contribution in [2.75, 3.05) is 11.9 Å². The Morgan fingerprint density at radius 1 is 1.58 bits per heavy atom. The topological polar surface area (TPSA) is 56.2 Å². The van der Waals surface area contributed by atoms with Crippen LogP contribution in [0, 0.1) is 0 Å². The fraction of sp³-hybridized carbons (Fsp3) is 0.167. The number of carbonyl (C=O) groups is 1. The Morgan fingerprint density at radius 3 is 3.00 bits per heavy atom. The monoisotopic (exact) mass is 343 g/mol. The van der Waals surface area contributed by atoms with Crippen LogP contribution in [-0.2, 0) is 11.8 Å². The number of ether oxygens (including phenoxy) is 1. The van der Waals surface area contributed by atoms with Crippen molar-refractivity contribution < 1.29 is 9.53 Å². The van der Waals surface area contributed by atoms with Crippen molar-refractivity contribution in [3.8, 4) is 5.75 Å². The molecule has 0 saturated carbocycles. The Hall–Kier alpha value is -1.53. The van der Waals surface area contributed by atoms with E-state index in [1.54, 1.807) is 42.3 Å². The zero-order chi connectivity index (χ0) is 13.8. The Labute approximate surface area is 123 Å². The summed E-state index contributed by atoms with van der Waals surface area (Å²) in [4.78, 5) is 11.6. The van der Waals surface area contributed by atoms with Gasteiger partial charge in [-0.2, -0.15) is 5.10 Å². The second-order valence-corrected chi connectivity index (χ2v) is 5.14. The first kappa shape index (κ1) is 13.9. The van der Waals surface area contributed by atoms with Crippen LogP contribution in [0.25, 0.3) is 0 Å². The number of aromatic nitrogens is 2.